The van der Waals surface area contributed by atoms with Crippen LogP contribution in [0.4, 0.5) is 0 Å². The summed E-state index contributed by atoms with van der Waals surface area (Å²) in [5, 5.41) is 2.95. The van der Waals surface area contributed by atoms with Crippen LogP contribution in [0.5, 0.6) is 0 Å². The maximum Gasteiger partial charge on any atom is 0.427 e. The summed E-state index contributed by atoms with van der Waals surface area (Å²) < 4.78 is 5.92. The SMILES string of the molecule is O=c1c[n+](-c2ccccc2Cl)[nH]o1. The van der Waals surface area contributed by atoms with Gasteiger partial charge in [-0.15, -0.1) is 0 Å². The highest BCUT2D eigenvalue weighted by Crippen LogP contribution is 2.13. The summed E-state index contributed by atoms with van der Waals surface area (Å²) in [6, 6.07) is 7.13. The minimum Gasteiger partial charge on any atom is -0.283 e. The number of H-pyrrole nitrogens is 1. The molecule has 2 rings (SSSR count). The van der Waals surface area contributed by atoms with Gasteiger partial charge >= 0.3 is 5.63 Å². The molecular weight excluding hydrogens is 192 g/mol. The van der Waals surface area contributed by atoms with Gasteiger partial charge < -0.3 is 0 Å². The Kier molecular flexibility index (Phi) is 1.90. The van der Waals surface area contributed by atoms with Gasteiger partial charge in [0.05, 0.1) is 0 Å². The topological polar surface area (TPSA) is 49.9 Å². The fourth-order valence-electron chi connectivity index (χ4n) is 1.02. The number of hydrogen-bond acceptors (Lipinski definition) is 2. The number of aromatic nitrogens is 2. The van der Waals surface area contributed by atoms with Crippen LogP contribution >= 0.6 is 11.6 Å². The molecule has 1 aromatic carbocycles. The Bertz CT molecular complexity index is 475. The van der Waals surface area contributed by atoms with E-state index >= 15 is 0 Å². The van der Waals surface area contributed by atoms with Crippen molar-refractivity contribution >= 4 is 11.6 Å². The van der Waals surface area contributed by atoms with Crippen molar-refractivity contribution in [3.63, 3.8) is 0 Å². The molecular formula is C8H6ClN2O2+. The van der Waals surface area contributed by atoms with E-state index in [1.807, 2.05) is 12.1 Å². The van der Waals surface area contributed by atoms with E-state index in [9.17, 15) is 4.79 Å². The highest BCUT2D eigenvalue weighted by atomic mass is 35.5. The van der Waals surface area contributed by atoms with Gasteiger partial charge in [0.25, 0.3) is 11.9 Å². The number of nitrogens with one attached hydrogen (secondary N) is 1. The zero-order valence-corrected chi connectivity index (χ0v) is 7.28. The van der Waals surface area contributed by atoms with Crippen LogP contribution in [0, 0.1) is 0 Å². The lowest BCUT2D eigenvalue weighted by Crippen LogP contribution is -2.32. The zero-order chi connectivity index (χ0) is 9.26. The second kappa shape index (κ2) is 3.06. The molecule has 1 heterocycles. The fraction of sp³-hybridized carbons (Fsp3) is 0. The predicted octanol–water partition coefficient (Wildman–Crippen LogP) is 0.898. The van der Waals surface area contributed by atoms with Crippen molar-refractivity contribution in [1.82, 2.24) is 5.27 Å². The number of halogens is 1. The highest BCUT2D eigenvalue weighted by Gasteiger charge is 2.13. The smallest absolute Gasteiger partial charge is 0.283 e. The average Bonchev–Trinajstić information content (AvgIpc) is 2.53. The van der Waals surface area contributed by atoms with Crippen molar-refractivity contribution in [2.45, 2.75) is 0 Å². The van der Waals surface area contributed by atoms with Crippen LogP contribution in [0.3, 0.4) is 0 Å². The van der Waals surface area contributed by atoms with Crippen LogP contribution in [0.2, 0.25) is 5.02 Å². The lowest BCUT2D eigenvalue weighted by Gasteiger charge is -1.90. The predicted molar refractivity (Wildman–Crippen MR) is 45.9 cm³/mol. The Balaban J connectivity index is 2.58. The molecule has 0 saturated heterocycles. The first-order valence-corrected chi connectivity index (χ1v) is 4.00. The third-order valence-electron chi connectivity index (χ3n) is 1.59. The molecule has 0 saturated carbocycles. The van der Waals surface area contributed by atoms with Crippen molar-refractivity contribution in [3.8, 4) is 5.69 Å². The molecule has 2 aromatic rings. The zero-order valence-electron chi connectivity index (χ0n) is 6.53. The quantitative estimate of drug-likeness (QED) is 0.691. The molecule has 5 heteroatoms. The summed E-state index contributed by atoms with van der Waals surface area (Å²) >= 11 is 5.88. The van der Waals surface area contributed by atoms with E-state index < -0.39 is 5.63 Å². The van der Waals surface area contributed by atoms with E-state index in [0.29, 0.717) is 10.7 Å². The Labute approximate surface area is 78.3 Å². The third-order valence-corrected chi connectivity index (χ3v) is 1.91. The molecule has 0 atom stereocenters. The Morgan fingerprint density at radius 2 is 2.15 bits per heavy atom. The number of benzene rings is 1. The summed E-state index contributed by atoms with van der Waals surface area (Å²) in [5.74, 6) is 0. The molecule has 1 N–H and O–H groups in total. The average molecular weight is 198 g/mol. The van der Waals surface area contributed by atoms with Gasteiger partial charge in [-0.2, -0.15) is 0 Å². The van der Waals surface area contributed by atoms with Gasteiger partial charge in [0.2, 0.25) is 0 Å². The van der Waals surface area contributed by atoms with E-state index in [4.69, 9.17) is 11.6 Å². The van der Waals surface area contributed by atoms with E-state index in [-0.39, 0.29) is 0 Å². The lowest BCUT2D eigenvalue weighted by atomic mass is 10.3. The van der Waals surface area contributed by atoms with E-state index in [1.54, 1.807) is 12.1 Å². The molecule has 13 heavy (non-hydrogen) atoms. The van der Waals surface area contributed by atoms with Crippen molar-refractivity contribution < 1.29 is 9.20 Å². The molecule has 66 valence electrons. The fourth-order valence-corrected chi connectivity index (χ4v) is 1.24. The van der Waals surface area contributed by atoms with Crippen LogP contribution in [-0.4, -0.2) is 5.27 Å². The molecule has 1 aromatic heterocycles. The maximum absolute atomic E-state index is 10.7. The molecule has 0 aliphatic carbocycles. The first-order valence-electron chi connectivity index (χ1n) is 3.62. The largest absolute Gasteiger partial charge is 0.427 e. The monoisotopic (exact) mass is 197 g/mol. The molecule has 4 nitrogen and oxygen atoms in total. The number of hydrogen-bond donors (Lipinski definition) is 1. The second-order valence-corrected chi connectivity index (χ2v) is 2.87. The van der Waals surface area contributed by atoms with Gasteiger partial charge in [-0.05, 0) is 16.0 Å². The van der Waals surface area contributed by atoms with Crippen LogP contribution < -0.4 is 10.3 Å². The van der Waals surface area contributed by atoms with Crippen LogP contribution in [-0.2, 0) is 0 Å². The van der Waals surface area contributed by atoms with E-state index in [1.165, 1.54) is 10.9 Å². The highest BCUT2D eigenvalue weighted by molar-refractivity contribution is 6.32. The maximum atomic E-state index is 10.7. The molecule has 0 amide bonds. The number of nitrogens with zero attached hydrogens (tertiary/aromatic N) is 1. The van der Waals surface area contributed by atoms with Gasteiger partial charge in [-0.3, -0.25) is 4.52 Å². The van der Waals surface area contributed by atoms with Crippen molar-refractivity contribution in [2.24, 2.45) is 0 Å². The summed E-state index contributed by atoms with van der Waals surface area (Å²) in [7, 11) is 0. The summed E-state index contributed by atoms with van der Waals surface area (Å²) in [6.07, 6.45) is 1.28. The molecule has 0 aliphatic rings. The number of aromatic amines is 1. The Morgan fingerprint density at radius 1 is 1.38 bits per heavy atom. The summed E-state index contributed by atoms with van der Waals surface area (Å²) in [5.41, 5.74) is 0.231. The number of rotatable bonds is 1. The lowest BCUT2D eigenvalue weighted by molar-refractivity contribution is -0.670. The van der Waals surface area contributed by atoms with Gasteiger partial charge in [-0.25, -0.2) is 4.79 Å². The van der Waals surface area contributed by atoms with E-state index in [0.717, 1.165) is 0 Å². The van der Waals surface area contributed by atoms with Crippen LogP contribution in [0.15, 0.2) is 39.8 Å². The first kappa shape index (κ1) is 8.07. The molecule has 0 unspecified atom stereocenters. The minimum atomic E-state index is -0.445. The second-order valence-electron chi connectivity index (χ2n) is 2.46. The molecule has 0 spiro atoms. The molecule has 0 aliphatic heterocycles. The normalized spacial score (nSPS) is 10.2. The van der Waals surface area contributed by atoms with Crippen molar-refractivity contribution in [3.05, 3.63) is 45.9 Å². The Morgan fingerprint density at radius 3 is 2.77 bits per heavy atom. The van der Waals surface area contributed by atoms with Crippen molar-refractivity contribution in [1.29, 1.82) is 0 Å². The molecule has 0 fully saturated rings. The van der Waals surface area contributed by atoms with Crippen molar-refractivity contribution in [2.75, 3.05) is 0 Å². The number of para-hydroxylation sites is 1. The van der Waals surface area contributed by atoms with Crippen LogP contribution in [0.1, 0.15) is 0 Å². The molecule has 0 bridgehead atoms. The minimum absolute atomic E-state index is 0.445. The molecule has 0 radical (unpaired) electrons. The van der Waals surface area contributed by atoms with Crippen LogP contribution in [0.25, 0.3) is 5.69 Å². The Hall–Kier alpha value is -1.55. The van der Waals surface area contributed by atoms with Gasteiger partial charge in [0, 0.05) is 6.07 Å². The third kappa shape index (κ3) is 1.48. The first-order chi connectivity index (χ1) is 6.27. The van der Waals surface area contributed by atoms with E-state index in [2.05, 4.69) is 9.79 Å². The van der Waals surface area contributed by atoms with Gasteiger partial charge in [0.15, 0.2) is 0 Å². The van der Waals surface area contributed by atoms with Gasteiger partial charge in [0.1, 0.15) is 5.02 Å². The summed E-state index contributed by atoms with van der Waals surface area (Å²) in [4.78, 5) is 10.7. The van der Waals surface area contributed by atoms with Gasteiger partial charge in [-0.1, -0.05) is 23.7 Å². The summed E-state index contributed by atoms with van der Waals surface area (Å²) in [6.45, 7) is 0. The standard InChI is InChI=1S/C8H5ClN2O2/c9-6-3-1-2-4-7(6)11-5-8(12)13-10-11/h1-5H/p+1.